The molecule has 2 rings (SSSR count). The summed E-state index contributed by atoms with van der Waals surface area (Å²) < 4.78 is 27.2. The van der Waals surface area contributed by atoms with Gasteiger partial charge in [-0.25, -0.2) is 8.42 Å². The van der Waals surface area contributed by atoms with Gasteiger partial charge in [-0.05, 0) is 31.2 Å². The SMILES string of the molecule is CCNc1ccncc1S(=O)(=O)Nc1cccc(Cl)c1. The molecule has 2 aromatic rings. The number of pyridine rings is 1. The fourth-order valence-corrected chi connectivity index (χ4v) is 3.06. The van der Waals surface area contributed by atoms with Gasteiger partial charge in [0, 0.05) is 24.0 Å². The highest BCUT2D eigenvalue weighted by atomic mass is 35.5. The average Bonchev–Trinajstić information content (AvgIpc) is 2.39. The number of rotatable bonds is 5. The van der Waals surface area contributed by atoms with E-state index in [9.17, 15) is 8.42 Å². The van der Waals surface area contributed by atoms with Crippen LogP contribution in [-0.2, 0) is 10.0 Å². The molecule has 0 aliphatic carbocycles. The van der Waals surface area contributed by atoms with Crippen molar-refractivity contribution in [2.45, 2.75) is 11.8 Å². The van der Waals surface area contributed by atoms with E-state index in [-0.39, 0.29) is 4.90 Å². The molecule has 0 aliphatic heterocycles. The first kappa shape index (κ1) is 14.6. The van der Waals surface area contributed by atoms with E-state index in [0.717, 1.165) is 0 Å². The number of hydrogen-bond acceptors (Lipinski definition) is 4. The summed E-state index contributed by atoms with van der Waals surface area (Å²) in [6, 6.07) is 8.15. The molecule has 5 nitrogen and oxygen atoms in total. The molecule has 7 heteroatoms. The van der Waals surface area contributed by atoms with Crippen LogP contribution in [0.15, 0.2) is 47.6 Å². The molecule has 0 fully saturated rings. The lowest BCUT2D eigenvalue weighted by molar-refractivity contribution is 0.601. The van der Waals surface area contributed by atoms with Crippen molar-refractivity contribution in [3.8, 4) is 0 Å². The molecule has 0 radical (unpaired) electrons. The Balaban J connectivity index is 2.36. The zero-order valence-corrected chi connectivity index (χ0v) is 12.4. The molecule has 0 atom stereocenters. The van der Waals surface area contributed by atoms with Crippen molar-refractivity contribution >= 4 is 33.0 Å². The minimum atomic E-state index is -3.72. The van der Waals surface area contributed by atoms with Crippen LogP contribution in [0.5, 0.6) is 0 Å². The van der Waals surface area contributed by atoms with E-state index in [1.807, 2.05) is 6.92 Å². The topological polar surface area (TPSA) is 71.1 Å². The first-order chi connectivity index (χ1) is 9.53. The molecular weight excluding hydrogens is 298 g/mol. The van der Waals surface area contributed by atoms with Gasteiger partial charge in [-0.15, -0.1) is 0 Å². The second-order valence-corrected chi connectivity index (χ2v) is 6.11. The third-order valence-electron chi connectivity index (χ3n) is 2.52. The Labute approximate surface area is 123 Å². The van der Waals surface area contributed by atoms with E-state index in [2.05, 4.69) is 15.0 Å². The number of hydrogen-bond donors (Lipinski definition) is 2. The number of nitrogens with one attached hydrogen (secondary N) is 2. The third kappa shape index (κ3) is 3.40. The van der Waals surface area contributed by atoms with Crippen LogP contribution >= 0.6 is 11.6 Å². The van der Waals surface area contributed by atoms with Gasteiger partial charge >= 0.3 is 0 Å². The molecular formula is C13H14ClN3O2S. The molecule has 0 aliphatic rings. The summed E-state index contributed by atoms with van der Waals surface area (Å²) >= 11 is 5.84. The predicted octanol–water partition coefficient (Wildman–Crippen LogP) is 2.97. The zero-order chi connectivity index (χ0) is 14.6. The van der Waals surface area contributed by atoms with Crippen LogP contribution < -0.4 is 10.0 Å². The molecule has 1 aromatic carbocycles. The van der Waals surface area contributed by atoms with E-state index >= 15 is 0 Å². The Bertz CT molecular complexity index is 704. The van der Waals surface area contributed by atoms with Gasteiger partial charge in [0.1, 0.15) is 4.90 Å². The first-order valence-corrected chi connectivity index (χ1v) is 7.85. The minimum Gasteiger partial charge on any atom is -0.384 e. The maximum atomic E-state index is 12.4. The number of sulfonamides is 1. The van der Waals surface area contributed by atoms with Gasteiger partial charge in [0.25, 0.3) is 10.0 Å². The van der Waals surface area contributed by atoms with Crippen molar-refractivity contribution in [1.29, 1.82) is 0 Å². The molecule has 0 unspecified atom stereocenters. The van der Waals surface area contributed by atoms with Gasteiger partial charge < -0.3 is 5.32 Å². The Hall–Kier alpha value is -1.79. The maximum Gasteiger partial charge on any atom is 0.265 e. The molecule has 1 aromatic heterocycles. The van der Waals surface area contributed by atoms with Crippen LogP contribution in [0.25, 0.3) is 0 Å². The maximum absolute atomic E-state index is 12.4. The van der Waals surface area contributed by atoms with Gasteiger partial charge in [0.05, 0.1) is 11.4 Å². The van der Waals surface area contributed by atoms with Crippen LogP contribution in [0.1, 0.15) is 6.92 Å². The van der Waals surface area contributed by atoms with Crippen molar-refractivity contribution in [2.75, 3.05) is 16.6 Å². The summed E-state index contributed by atoms with van der Waals surface area (Å²) in [5, 5.41) is 3.46. The molecule has 0 amide bonds. The molecule has 20 heavy (non-hydrogen) atoms. The quantitative estimate of drug-likeness (QED) is 0.890. The predicted molar refractivity (Wildman–Crippen MR) is 80.7 cm³/mol. The van der Waals surface area contributed by atoms with Crippen molar-refractivity contribution < 1.29 is 8.42 Å². The summed E-state index contributed by atoms with van der Waals surface area (Å²) in [6.45, 7) is 2.50. The normalized spacial score (nSPS) is 11.1. The van der Waals surface area contributed by atoms with E-state index in [1.165, 1.54) is 12.4 Å². The van der Waals surface area contributed by atoms with Gasteiger partial charge in [0.2, 0.25) is 0 Å². The number of aromatic nitrogens is 1. The Kier molecular flexibility index (Phi) is 4.46. The lowest BCUT2D eigenvalue weighted by Gasteiger charge is -2.12. The Morgan fingerprint density at radius 3 is 2.80 bits per heavy atom. The highest BCUT2D eigenvalue weighted by Crippen LogP contribution is 2.23. The van der Waals surface area contributed by atoms with Gasteiger partial charge in [-0.1, -0.05) is 17.7 Å². The molecule has 1 heterocycles. The largest absolute Gasteiger partial charge is 0.384 e. The van der Waals surface area contributed by atoms with Crippen LogP contribution in [-0.4, -0.2) is 19.9 Å². The molecule has 2 N–H and O–H groups in total. The van der Waals surface area contributed by atoms with Gasteiger partial charge in [0.15, 0.2) is 0 Å². The Morgan fingerprint density at radius 2 is 2.10 bits per heavy atom. The fraction of sp³-hybridized carbons (Fsp3) is 0.154. The van der Waals surface area contributed by atoms with E-state index in [4.69, 9.17) is 11.6 Å². The van der Waals surface area contributed by atoms with Gasteiger partial charge in [-0.3, -0.25) is 9.71 Å². The second kappa shape index (κ2) is 6.11. The van der Waals surface area contributed by atoms with Gasteiger partial charge in [-0.2, -0.15) is 0 Å². The van der Waals surface area contributed by atoms with Crippen LogP contribution in [0.2, 0.25) is 5.02 Å². The number of anilines is 2. The van der Waals surface area contributed by atoms with Crippen LogP contribution in [0.3, 0.4) is 0 Å². The molecule has 0 saturated heterocycles. The summed E-state index contributed by atoms with van der Waals surface area (Å²) in [5.41, 5.74) is 0.917. The summed E-state index contributed by atoms with van der Waals surface area (Å²) in [6.07, 6.45) is 2.85. The smallest absolute Gasteiger partial charge is 0.265 e. The van der Waals surface area contributed by atoms with E-state index in [1.54, 1.807) is 30.3 Å². The zero-order valence-electron chi connectivity index (χ0n) is 10.8. The number of halogens is 1. The van der Waals surface area contributed by atoms with Crippen molar-refractivity contribution in [3.05, 3.63) is 47.7 Å². The molecule has 0 saturated carbocycles. The first-order valence-electron chi connectivity index (χ1n) is 5.99. The van der Waals surface area contributed by atoms with Crippen molar-refractivity contribution in [1.82, 2.24) is 4.98 Å². The average molecular weight is 312 g/mol. The third-order valence-corrected chi connectivity index (χ3v) is 4.16. The highest BCUT2D eigenvalue weighted by molar-refractivity contribution is 7.92. The van der Waals surface area contributed by atoms with Crippen molar-refractivity contribution in [3.63, 3.8) is 0 Å². The summed E-state index contributed by atoms with van der Waals surface area (Å²) in [7, 11) is -3.72. The standard InChI is InChI=1S/C13H14ClN3O2S/c1-2-16-12-6-7-15-9-13(12)20(18,19)17-11-5-3-4-10(14)8-11/h3-9,17H,2H2,1H3,(H,15,16). The second-order valence-electron chi connectivity index (χ2n) is 4.02. The molecule has 0 spiro atoms. The lowest BCUT2D eigenvalue weighted by Crippen LogP contribution is -2.15. The summed E-state index contributed by atoms with van der Waals surface area (Å²) in [4.78, 5) is 3.97. The lowest BCUT2D eigenvalue weighted by atomic mass is 10.3. The highest BCUT2D eigenvalue weighted by Gasteiger charge is 2.18. The minimum absolute atomic E-state index is 0.0989. The number of benzene rings is 1. The monoisotopic (exact) mass is 311 g/mol. The summed E-state index contributed by atoms with van der Waals surface area (Å²) in [5.74, 6) is 0. The van der Waals surface area contributed by atoms with Crippen molar-refractivity contribution in [2.24, 2.45) is 0 Å². The van der Waals surface area contributed by atoms with E-state index < -0.39 is 10.0 Å². The molecule has 0 bridgehead atoms. The van der Waals surface area contributed by atoms with E-state index in [0.29, 0.717) is 22.9 Å². The molecule has 106 valence electrons. The number of nitrogens with zero attached hydrogens (tertiary/aromatic N) is 1. The Morgan fingerprint density at radius 1 is 1.30 bits per heavy atom. The van der Waals surface area contributed by atoms with Crippen LogP contribution in [0.4, 0.5) is 11.4 Å². The fourth-order valence-electron chi connectivity index (χ4n) is 1.69. The van der Waals surface area contributed by atoms with Crippen LogP contribution in [0, 0.1) is 0 Å².